The van der Waals surface area contributed by atoms with Crippen molar-refractivity contribution in [2.45, 2.75) is 16.3 Å². The van der Waals surface area contributed by atoms with E-state index in [1.165, 1.54) is 23.3 Å². The minimum absolute atomic E-state index is 0.684. The van der Waals surface area contributed by atoms with Crippen LogP contribution in [0.3, 0.4) is 0 Å². The zero-order valence-corrected chi connectivity index (χ0v) is 9.10. The lowest BCUT2D eigenvalue weighted by molar-refractivity contribution is 1.08. The van der Waals surface area contributed by atoms with Gasteiger partial charge in [-0.25, -0.2) is 9.97 Å². The minimum atomic E-state index is 0.684. The molecule has 0 unspecified atom stereocenters. The minimum Gasteiger partial charge on any atom is -0.397 e. The number of nitrogen functional groups attached to an aromatic ring is 1. The number of nitrogens with zero attached hydrogens (tertiary/aromatic N) is 3. The van der Waals surface area contributed by atoms with E-state index in [0.717, 1.165) is 14.9 Å². The maximum atomic E-state index is 5.60. The molecule has 0 bridgehead atoms. The van der Waals surface area contributed by atoms with E-state index in [4.69, 9.17) is 5.73 Å². The van der Waals surface area contributed by atoms with Crippen molar-refractivity contribution in [3.05, 3.63) is 24.2 Å². The molecule has 2 heterocycles. The van der Waals surface area contributed by atoms with Gasteiger partial charge in [0.1, 0.15) is 11.4 Å². The summed E-state index contributed by atoms with van der Waals surface area (Å²) in [6, 6.07) is 1.90. The van der Waals surface area contributed by atoms with E-state index in [0.29, 0.717) is 5.69 Å². The van der Waals surface area contributed by atoms with Crippen LogP contribution in [0.4, 0.5) is 5.69 Å². The second kappa shape index (κ2) is 3.93. The normalized spacial score (nSPS) is 10.4. The third-order valence-corrected chi connectivity index (χ3v) is 3.41. The molecule has 0 amide bonds. The molecule has 2 aromatic rings. The fourth-order valence-corrected chi connectivity index (χ4v) is 2.37. The van der Waals surface area contributed by atoms with Gasteiger partial charge in [0, 0.05) is 0 Å². The average molecular weight is 224 g/mol. The Morgan fingerprint density at radius 1 is 1.43 bits per heavy atom. The number of aryl methyl sites for hydroxylation is 1. The Morgan fingerprint density at radius 3 is 2.93 bits per heavy atom. The van der Waals surface area contributed by atoms with E-state index < -0.39 is 0 Å². The van der Waals surface area contributed by atoms with Crippen LogP contribution in [-0.2, 0) is 0 Å². The van der Waals surface area contributed by atoms with Crippen LogP contribution in [0.1, 0.15) is 5.56 Å². The predicted molar refractivity (Wildman–Crippen MR) is 57.4 cm³/mol. The summed E-state index contributed by atoms with van der Waals surface area (Å²) in [5.41, 5.74) is 7.35. The van der Waals surface area contributed by atoms with Gasteiger partial charge in [-0.15, -0.1) is 0 Å². The molecule has 0 fully saturated rings. The van der Waals surface area contributed by atoms with Crippen molar-refractivity contribution >= 4 is 29.0 Å². The molecule has 14 heavy (non-hydrogen) atoms. The Hall–Kier alpha value is -1.14. The lowest BCUT2D eigenvalue weighted by Crippen LogP contribution is -1.90. The molecule has 0 aliphatic rings. The SMILES string of the molecule is Cc1cc(N)cnc1Sc1ncns1. The lowest BCUT2D eigenvalue weighted by Gasteiger charge is -2.01. The van der Waals surface area contributed by atoms with E-state index in [1.54, 1.807) is 12.5 Å². The maximum absolute atomic E-state index is 5.60. The van der Waals surface area contributed by atoms with Crippen LogP contribution in [0.15, 0.2) is 28.0 Å². The van der Waals surface area contributed by atoms with Crippen LogP contribution in [0.2, 0.25) is 0 Å². The highest BCUT2D eigenvalue weighted by Crippen LogP contribution is 2.29. The largest absolute Gasteiger partial charge is 0.397 e. The van der Waals surface area contributed by atoms with E-state index in [2.05, 4.69) is 14.3 Å². The van der Waals surface area contributed by atoms with Crippen LogP contribution in [0.5, 0.6) is 0 Å². The van der Waals surface area contributed by atoms with Crippen LogP contribution >= 0.6 is 23.3 Å². The van der Waals surface area contributed by atoms with Crippen LogP contribution < -0.4 is 5.73 Å². The summed E-state index contributed by atoms with van der Waals surface area (Å²) < 4.78 is 4.82. The first-order valence-corrected chi connectivity index (χ1v) is 5.51. The monoisotopic (exact) mass is 224 g/mol. The molecule has 4 nitrogen and oxygen atoms in total. The number of rotatable bonds is 2. The van der Waals surface area contributed by atoms with Gasteiger partial charge >= 0.3 is 0 Å². The number of nitrogens with two attached hydrogens (primary N) is 1. The van der Waals surface area contributed by atoms with E-state index in [1.807, 2.05) is 13.0 Å². The summed E-state index contributed by atoms with van der Waals surface area (Å²) in [5.74, 6) is 0. The first-order chi connectivity index (χ1) is 6.75. The van der Waals surface area contributed by atoms with Gasteiger partial charge in [-0.3, -0.25) is 0 Å². The Labute approximate surface area is 89.8 Å². The van der Waals surface area contributed by atoms with Crippen molar-refractivity contribution in [2.24, 2.45) is 0 Å². The number of anilines is 1. The van der Waals surface area contributed by atoms with E-state index in [-0.39, 0.29) is 0 Å². The first kappa shape index (κ1) is 9.42. The number of hydrogen-bond acceptors (Lipinski definition) is 6. The molecule has 2 aromatic heterocycles. The Balaban J connectivity index is 2.25. The fourth-order valence-electron chi connectivity index (χ4n) is 0.981. The van der Waals surface area contributed by atoms with Crippen molar-refractivity contribution in [3.63, 3.8) is 0 Å². The molecule has 0 saturated heterocycles. The third-order valence-electron chi connectivity index (χ3n) is 1.58. The second-order valence-electron chi connectivity index (χ2n) is 2.70. The Bertz CT molecular complexity index is 427. The highest BCUT2D eigenvalue weighted by atomic mass is 32.2. The highest BCUT2D eigenvalue weighted by molar-refractivity contribution is 8.00. The van der Waals surface area contributed by atoms with E-state index >= 15 is 0 Å². The topological polar surface area (TPSA) is 64.7 Å². The molecule has 0 aliphatic carbocycles. The molecule has 0 saturated carbocycles. The molecule has 72 valence electrons. The van der Waals surface area contributed by atoms with Gasteiger partial charge < -0.3 is 5.73 Å². The first-order valence-electron chi connectivity index (χ1n) is 3.92. The third kappa shape index (κ3) is 2.02. The number of pyridine rings is 1. The van der Waals surface area contributed by atoms with Gasteiger partial charge in [-0.2, -0.15) is 4.37 Å². The van der Waals surface area contributed by atoms with E-state index in [9.17, 15) is 0 Å². The summed E-state index contributed by atoms with van der Waals surface area (Å²) in [5, 5.41) is 0.927. The summed E-state index contributed by atoms with van der Waals surface area (Å²) in [7, 11) is 0. The fraction of sp³-hybridized carbons (Fsp3) is 0.125. The molecule has 0 aliphatic heterocycles. The quantitative estimate of drug-likeness (QED) is 0.845. The van der Waals surface area contributed by atoms with Crippen LogP contribution in [-0.4, -0.2) is 14.3 Å². The summed E-state index contributed by atoms with van der Waals surface area (Å²) >= 11 is 2.87. The maximum Gasteiger partial charge on any atom is 0.176 e. The van der Waals surface area contributed by atoms with Crippen molar-refractivity contribution in [3.8, 4) is 0 Å². The number of hydrogen-bond donors (Lipinski definition) is 1. The van der Waals surface area contributed by atoms with Gasteiger partial charge in [0.05, 0.1) is 11.9 Å². The molecule has 0 spiro atoms. The van der Waals surface area contributed by atoms with Crippen molar-refractivity contribution < 1.29 is 0 Å². The van der Waals surface area contributed by atoms with Gasteiger partial charge in [0.25, 0.3) is 0 Å². The van der Waals surface area contributed by atoms with Crippen LogP contribution in [0, 0.1) is 6.92 Å². The highest BCUT2D eigenvalue weighted by Gasteiger charge is 2.05. The van der Waals surface area contributed by atoms with Gasteiger partial charge in [-0.1, -0.05) is 0 Å². The second-order valence-corrected chi connectivity index (χ2v) is 4.72. The lowest BCUT2D eigenvalue weighted by atomic mass is 10.3. The standard InChI is InChI=1S/C8H8N4S2/c1-5-2-6(9)3-10-7(5)13-8-11-4-12-14-8/h2-4H,9H2,1H3. The summed E-state index contributed by atoms with van der Waals surface area (Å²) in [6.45, 7) is 1.98. The molecule has 0 atom stereocenters. The van der Waals surface area contributed by atoms with Crippen molar-refractivity contribution in [1.82, 2.24) is 14.3 Å². The predicted octanol–water partition coefficient (Wildman–Crippen LogP) is 1.97. The summed E-state index contributed by atoms with van der Waals surface area (Å²) in [6.07, 6.45) is 3.19. The van der Waals surface area contributed by atoms with Gasteiger partial charge in [0.2, 0.25) is 0 Å². The molecule has 2 rings (SSSR count). The molecule has 0 aromatic carbocycles. The molecule has 6 heteroatoms. The molecular weight excluding hydrogens is 216 g/mol. The smallest absolute Gasteiger partial charge is 0.176 e. The molecule has 2 N–H and O–H groups in total. The van der Waals surface area contributed by atoms with Crippen LogP contribution in [0.25, 0.3) is 0 Å². The molecule has 0 radical (unpaired) electrons. The van der Waals surface area contributed by atoms with Gasteiger partial charge in [-0.05, 0) is 41.8 Å². The zero-order valence-electron chi connectivity index (χ0n) is 7.47. The van der Waals surface area contributed by atoms with Gasteiger partial charge in [0.15, 0.2) is 4.34 Å². The Morgan fingerprint density at radius 2 is 2.29 bits per heavy atom. The molecular formula is C8H8N4S2. The summed E-state index contributed by atoms with van der Waals surface area (Å²) in [4.78, 5) is 8.30. The zero-order chi connectivity index (χ0) is 9.97. The Kier molecular flexibility index (Phi) is 2.64. The average Bonchev–Trinajstić information content (AvgIpc) is 2.62. The van der Waals surface area contributed by atoms with Crippen molar-refractivity contribution in [1.29, 1.82) is 0 Å². The number of aromatic nitrogens is 3. The van der Waals surface area contributed by atoms with Crippen molar-refractivity contribution in [2.75, 3.05) is 5.73 Å².